The van der Waals surface area contributed by atoms with Crippen LogP contribution in [0, 0.1) is 0 Å². The Morgan fingerprint density at radius 1 is 1.31 bits per heavy atom. The van der Waals surface area contributed by atoms with Crippen LogP contribution in [0.4, 0.5) is 0 Å². The number of carbonyl (C=O) groups excluding carboxylic acids is 1. The van der Waals surface area contributed by atoms with E-state index in [1.807, 2.05) is 30.9 Å². The first-order valence-corrected chi connectivity index (χ1v) is 9.55. The van der Waals surface area contributed by atoms with E-state index in [9.17, 15) is 4.79 Å². The van der Waals surface area contributed by atoms with E-state index in [-0.39, 0.29) is 29.9 Å². The quantitative estimate of drug-likeness (QED) is 0.266. The van der Waals surface area contributed by atoms with Crippen molar-refractivity contribution in [1.29, 1.82) is 0 Å². The maximum Gasteiger partial charge on any atom is 0.338 e. The predicted octanol–water partition coefficient (Wildman–Crippen LogP) is 3.55. The zero-order chi connectivity index (χ0) is 20.7. The van der Waals surface area contributed by atoms with Crippen LogP contribution >= 0.6 is 24.0 Å². The molecule has 1 aromatic carbocycles. The van der Waals surface area contributed by atoms with Crippen LogP contribution in [0.3, 0.4) is 0 Å². The molecule has 0 atom stereocenters. The number of aryl methyl sites for hydroxylation is 1. The van der Waals surface area contributed by atoms with E-state index in [4.69, 9.17) is 4.74 Å². The monoisotopic (exact) mass is 513 g/mol. The molecular weight excluding hydrogens is 481 g/mol. The zero-order valence-electron chi connectivity index (χ0n) is 18.1. The fourth-order valence-corrected chi connectivity index (χ4v) is 3.03. The minimum atomic E-state index is -0.296. The van der Waals surface area contributed by atoms with Crippen molar-refractivity contribution in [1.82, 2.24) is 20.0 Å². The highest BCUT2D eigenvalue weighted by atomic mass is 127. The third kappa shape index (κ3) is 7.02. The molecule has 0 amide bonds. The number of nitrogens with zero attached hydrogens (tertiary/aromatic N) is 4. The summed E-state index contributed by atoms with van der Waals surface area (Å²) in [5, 5.41) is 7.94. The Kier molecular flexibility index (Phi) is 10.1. The maximum absolute atomic E-state index is 11.7. The number of halogens is 1. The SMILES string of the molecule is CCOC(=O)c1ccc(CNC(=NC)N(C)Cc2cn(C)nc2C(C)C)cc1.I. The molecule has 0 aliphatic rings. The summed E-state index contributed by atoms with van der Waals surface area (Å²) in [6.45, 7) is 7.82. The standard InChI is InChI=1S/C21H31N5O2.HI/c1-7-28-20(27)17-10-8-16(9-11-17)12-23-21(22-4)25(5)13-18-14-26(6)24-19(18)15(2)3;/h8-11,14-15H,7,12-13H2,1-6H3,(H,22,23);1H. The summed E-state index contributed by atoms with van der Waals surface area (Å²) in [5.74, 6) is 0.875. The molecule has 0 saturated carbocycles. The van der Waals surface area contributed by atoms with Crippen molar-refractivity contribution in [2.24, 2.45) is 12.0 Å². The molecule has 0 spiro atoms. The van der Waals surface area contributed by atoms with Gasteiger partial charge in [-0.05, 0) is 30.5 Å². The number of carbonyl (C=O) groups is 1. The molecule has 0 unspecified atom stereocenters. The molecule has 8 heteroatoms. The van der Waals surface area contributed by atoms with Gasteiger partial charge in [-0.1, -0.05) is 26.0 Å². The number of nitrogens with one attached hydrogen (secondary N) is 1. The van der Waals surface area contributed by atoms with Gasteiger partial charge in [0.2, 0.25) is 0 Å². The van der Waals surface area contributed by atoms with E-state index in [2.05, 4.69) is 40.4 Å². The van der Waals surface area contributed by atoms with Gasteiger partial charge in [0, 0.05) is 46.0 Å². The fraction of sp³-hybridized carbons (Fsp3) is 0.476. The number of rotatable bonds is 7. The lowest BCUT2D eigenvalue weighted by Gasteiger charge is -2.22. The number of aliphatic imine (C=N–C) groups is 1. The molecule has 160 valence electrons. The summed E-state index contributed by atoms with van der Waals surface area (Å²) < 4.78 is 6.87. The molecule has 0 bridgehead atoms. The largest absolute Gasteiger partial charge is 0.462 e. The Hall–Kier alpha value is -2.10. The average Bonchev–Trinajstić information content (AvgIpc) is 3.03. The molecule has 2 aromatic rings. The zero-order valence-corrected chi connectivity index (χ0v) is 20.4. The first-order valence-electron chi connectivity index (χ1n) is 9.55. The summed E-state index contributed by atoms with van der Waals surface area (Å²) in [6, 6.07) is 7.41. The van der Waals surface area contributed by atoms with E-state index in [0.717, 1.165) is 23.8 Å². The highest BCUT2D eigenvalue weighted by molar-refractivity contribution is 14.0. The van der Waals surface area contributed by atoms with E-state index in [1.165, 1.54) is 5.56 Å². The highest BCUT2D eigenvalue weighted by Crippen LogP contribution is 2.18. The number of ether oxygens (including phenoxy) is 1. The highest BCUT2D eigenvalue weighted by Gasteiger charge is 2.15. The van der Waals surface area contributed by atoms with E-state index in [1.54, 1.807) is 26.1 Å². The van der Waals surface area contributed by atoms with Gasteiger partial charge < -0.3 is 15.0 Å². The van der Waals surface area contributed by atoms with Crippen molar-refractivity contribution < 1.29 is 9.53 Å². The topological polar surface area (TPSA) is 71.8 Å². The molecule has 0 fully saturated rings. The average molecular weight is 513 g/mol. The molecule has 0 aliphatic heterocycles. The summed E-state index contributed by atoms with van der Waals surface area (Å²) in [5.41, 5.74) is 3.93. The van der Waals surface area contributed by atoms with Crippen LogP contribution in [0.25, 0.3) is 0 Å². The van der Waals surface area contributed by atoms with Gasteiger partial charge in [0.15, 0.2) is 5.96 Å². The van der Waals surface area contributed by atoms with Gasteiger partial charge in [0.25, 0.3) is 0 Å². The molecule has 7 nitrogen and oxygen atoms in total. The maximum atomic E-state index is 11.7. The van der Waals surface area contributed by atoms with E-state index in [0.29, 0.717) is 24.6 Å². The lowest BCUT2D eigenvalue weighted by Crippen LogP contribution is -2.38. The lowest BCUT2D eigenvalue weighted by molar-refractivity contribution is 0.0526. The van der Waals surface area contributed by atoms with Crippen molar-refractivity contribution in [2.45, 2.75) is 39.8 Å². The minimum absolute atomic E-state index is 0. The van der Waals surface area contributed by atoms with Gasteiger partial charge in [-0.2, -0.15) is 5.10 Å². The molecule has 1 heterocycles. The Balaban J connectivity index is 0.00000420. The number of hydrogen-bond donors (Lipinski definition) is 1. The van der Waals surface area contributed by atoms with Crippen LogP contribution in [0.15, 0.2) is 35.5 Å². The van der Waals surface area contributed by atoms with Gasteiger partial charge in [-0.25, -0.2) is 4.79 Å². The Morgan fingerprint density at radius 3 is 2.52 bits per heavy atom. The van der Waals surface area contributed by atoms with Crippen LogP contribution in [0.2, 0.25) is 0 Å². The predicted molar refractivity (Wildman–Crippen MR) is 127 cm³/mol. The number of aromatic nitrogens is 2. The van der Waals surface area contributed by atoms with Gasteiger partial charge in [-0.3, -0.25) is 9.67 Å². The summed E-state index contributed by atoms with van der Waals surface area (Å²) in [7, 11) is 5.73. The van der Waals surface area contributed by atoms with Crippen molar-refractivity contribution >= 4 is 35.9 Å². The summed E-state index contributed by atoms with van der Waals surface area (Å²) >= 11 is 0. The van der Waals surface area contributed by atoms with E-state index >= 15 is 0 Å². The molecule has 1 aromatic heterocycles. The minimum Gasteiger partial charge on any atom is -0.462 e. The molecule has 2 rings (SSSR count). The molecule has 0 radical (unpaired) electrons. The third-order valence-corrected chi connectivity index (χ3v) is 4.38. The molecule has 29 heavy (non-hydrogen) atoms. The smallest absolute Gasteiger partial charge is 0.338 e. The van der Waals surface area contributed by atoms with E-state index < -0.39 is 0 Å². The Labute approximate surface area is 190 Å². The molecular formula is C21H32IN5O2. The number of esters is 1. The third-order valence-electron chi connectivity index (χ3n) is 4.38. The first-order chi connectivity index (χ1) is 13.3. The Morgan fingerprint density at radius 2 is 1.97 bits per heavy atom. The number of hydrogen-bond acceptors (Lipinski definition) is 4. The van der Waals surface area contributed by atoms with Crippen LogP contribution in [0.5, 0.6) is 0 Å². The second kappa shape index (κ2) is 11.8. The molecule has 1 N–H and O–H groups in total. The van der Waals surface area contributed by atoms with Crippen LogP contribution < -0.4 is 5.32 Å². The van der Waals surface area contributed by atoms with Gasteiger partial charge in [-0.15, -0.1) is 24.0 Å². The number of guanidine groups is 1. The van der Waals surface area contributed by atoms with Gasteiger partial charge in [0.1, 0.15) is 0 Å². The second-order valence-corrected chi connectivity index (χ2v) is 7.04. The van der Waals surface area contributed by atoms with Crippen molar-refractivity contribution in [3.63, 3.8) is 0 Å². The summed E-state index contributed by atoms with van der Waals surface area (Å²) in [4.78, 5) is 18.2. The van der Waals surface area contributed by atoms with Crippen molar-refractivity contribution in [3.8, 4) is 0 Å². The normalized spacial score (nSPS) is 11.2. The van der Waals surface area contributed by atoms with Gasteiger partial charge in [0.05, 0.1) is 17.9 Å². The first kappa shape index (κ1) is 24.9. The summed E-state index contributed by atoms with van der Waals surface area (Å²) in [6.07, 6.45) is 2.06. The molecule has 0 saturated heterocycles. The van der Waals surface area contributed by atoms with Crippen LogP contribution in [-0.4, -0.2) is 47.3 Å². The fourth-order valence-electron chi connectivity index (χ4n) is 3.03. The number of benzene rings is 1. The Bertz CT molecular complexity index is 815. The van der Waals surface area contributed by atoms with Crippen molar-refractivity contribution in [2.75, 3.05) is 20.7 Å². The van der Waals surface area contributed by atoms with Crippen molar-refractivity contribution in [3.05, 3.63) is 52.8 Å². The van der Waals surface area contributed by atoms with Crippen LogP contribution in [0.1, 0.15) is 53.9 Å². The molecule has 0 aliphatic carbocycles. The van der Waals surface area contributed by atoms with Gasteiger partial charge >= 0.3 is 5.97 Å². The second-order valence-electron chi connectivity index (χ2n) is 7.04. The lowest BCUT2D eigenvalue weighted by atomic mass is 10.1. The van der Waals surface area contributed by atoms with Crippen LogP contribution in [-0.2, 0) is 24.9 Å².